The highest BCUT2D eigenvalue weighted by atomic mass is 32.2. The zero-order valence-corrected chi connectivity index (χ0v) is 11.3. The maximum absolute atomic E-state index is 12.0. The molecule has 2 heterocycles. The molecular weight excluding hydrogens is 266 g/mol. The average Bonchev–Trinajstić information content (AvgIpc) is 2.82. The van der Waals surface area contributed by atoms with E-state index in [1.165, 1.54) is 12.3 Å². The maximum Gasteiger partial charge on any atom is 0.258 e. The quantitative estimate of drug-likeness (QED) is 0.787. The van der Waals surface area contributed by atoms with E-state index in [9.17, 15) is 8.42 Å². The van der Waals surface area contributed by atoms with Gasteiger partial charge in [-0.15, -0.1) is 0 Å². The van der Waals surface area contributed by atoms with Crippen molar-refractivity contribution < 1.29 is 8.42 Å². The van der Waals surface area contributed by atoms with Crippen LogP contribution in [0.3, 0.4) is 0 Å². The molecule has 0 radical (unpaired) electrons. The molecular formula is C11H15N5O2S. The van der Waals surface area contributed by atoms with Crippen molar-refractivity contribution in [3.8, 4) is 0 Å². The third-order valence-electron chi connectivity index (χ3n) is 2.53. The Kier molecular flexibility index (Phi) is 3.93. The van der Waals surface area contributed by atoms with Crippen molar-refractivity contribution in [2.75, 3.05) is 0 Å². The van der Waals surface area contributed by atoms with Gasteiger partial charge in [0.15, 0.2) is 5.03 Å². The van der Waals surface area contributed by atoms with Crippen molar-refractivity contribution in [3.05, 3.63) is 41.9 Å². The Bertz CT molecular complexity index is 648. The molecule has 2 aromatic heterocycles. The highest BCUT2D eigenvalue weighted by Gasteiger charge is 2.15. The summed E-state index contributed by atoms with van der Waals surface area (Å²) in [5, 5.41) is 3.95. The topological polar surface area (TPSA) is 103 Å². The monoisotopic (exact) mass is 281 g/mol. The van der Waals surface area contributed by atoms with Gasteiger partial charge < -0.3 is 5.73 Å². The molecule has 19 heavy (non-hydrogen) atoms. The van der Waals surface area contributed by atoms with Gasteiger partial charge in [0.1, 0.15) is 0 Å². The molecule has 2 aromatic rings. The van der Waals surface area contributed by atoms with Crippen molar-refractivity contribution >= 4 is 10.0 Å². The van der Waals surface area contributed by atoms with E-state index in [4.69, 9.17) is 5.73 Å². The summed E-state index contributed by atoms with van der Waals surface area (Å²) >= 11 is 0. The summed E-state index contributed by atoms with van der Waals surface area (Å²) in [5.74, 6) is 0. The van der Waals surface area contributed by atoms with Crippen molar-refractivity contribution in [1.82, 2.24) is 19.5 Å². The van der Waals surface area contributed by atoms with Crippen LogP contribution in [0, 0.1) is 0 Å². The molecule has 8 heteroatoms. The zero-order chi connectivity index (χ0) is 13.9. The Hall–Kier alpha value is -1.77. The van der Waals surface area contributed by atoms with Gasteiger partial charge in [-0.25, -0.2) is 18.1 Å². The molecule has 3 N–H and O–H groups in total. The molecule has 2 rings (SSSR count). The summed E-state index contributed by atoms with van der Waals surface area (Å²) in [7, 11) is -1.84. The number of hydrogen-bond acceptors (Lipinski definition) is 5. The van der Waals surface area contributed by atoms with Crippen LogP contribution in [0.25, 0.3) is 0 Å². The Morgan fingerprint density at radius 1 is 1.32 bits per heavy atom. The number of nitrogens with one attached hydrogen (secondary N) is 1. The lowest BCUT2D eigenvalue weighted by molar-refractivity contribution is 0.577. The first-order valence-electron chi connectivity index (χ1n) is 5.63. The van der Waals surface area contributed by atoms with E-state index in [1.807, 2.05) is 0 Å². The first-order valence-corrected chi connectivity index (χ1v) is 7.12. The number of aryl methyl sites for hydroxylation is 1. The summed E-state index contributed by atoms with van der Waals surface area (Å²) < 4.78 is 28.0. The van der Waals surface area contributed by atoms with Crippen molar-refractivity contribution in [2.24, 2.45) is 12.8 Å². The molecule has 0 aromatic carbocycles. The second-order valence-electron chi connectivity index (χ2n) is 4.06. The summed E-state index contributed by atoms with van der Waals surface area (Å²) in [6.07, 6.45) is 4.81. The van der Waals surface area contributed by atoms with E-state index in [1.54, 1.807) is 30.2 Å². The van der Waals surface area contributed by atoms with Crippen LogP contribution in [0.5, 0.6) is 0 Å². The molecule has 0 unspecified atom stereocenters. The smallest absolute Gasteiger partial charge is 0.258 e. The second kappa shape index (κ2) is 5.47. The lowest BCUT2D eigenvalue weighted by atomic mass is 10.3. The number of rotatable bonds is 5. The predicted molar refractivity (Wildman–Crippen MR) is 69.4 cm³/mol. The highest BCUT2D eigenvalue weighted by Crippen LogP contribution is 2.07. The fourth-order valence-corrected chi connectivity index (χ4v) is 2.45. The fourth-order valence-electron chi connectivity index (χ4n) is 1.51. The molecule has 0 atom stereocenters. The summed E-state index contributed by atoms with van der Waals surface area (Å²) in [4.78, 5) is 3.89. The van der Waals surface area contributed by atoms with Gasteiger partial charge in [0.25, 0.3) is 10.0 Å². The van der Waals surface area contributed by atoms with Crippen LogP contribution in [-0.2, 0) is 30.2 Å². The van der Waals surface area contributed by atoms with Crippen molar-refractivity contribution in [1.29, 1.82) is 0 Å². The average molecular weight is 281 g/mol. The Labute approximate surface area is 111 Å². The van der Waals surface area contributed by atoms with Gasteiger partial charge in [-0.05, 0) is 11.6 Å². The zero-order valence-electron chi connectivity index (χ0n) is 10.4. The standard InChI is InChI=1S/C11H15N5O2S/c1-16-8-10(6-14-16)7-15-19(17,18)11-3-2-9(4-12)5-13-11/h2-3,5-6,8,15H,4,7,12H2,1H3. The van der Waals surface area contributed by atoms with Gasteiger partial charge in [-0.3, -0.25) is 4.68 Å². The molecule has 0 fully saturated rings. The molecule has 0 aliphatic carbocycles. The molecule has 102 valence electrons. The lowest BCUT2D eigenvalue weighted by Gasteiger charge is -2.05. The minimum atomic E-state index is -3.61. The Balaban J connectivity index is 2.09. The van der Waals surface area contributed by atoms with E-state index < -0.39 is 10.0 Å². The summed E-state index contributed by atoms with van der Waals surface area (Å²) in [5.41, 5.74) is 7.00. The first kappa shape index (κ1) is 13.7. The van der Waals surface area contributed by atoms with E-state index in [2.05, 4.69) is 14.8 Å². The van der Waals surface area contributed by atoms with E-state index in [0.29, 0.717) is 6.54 Å². The third-order valence-corrected chi connectivity index (χ3v) is 3.85. The normalized spacial score (nSPS) is 11.7. The lowest BCUT2D eigenvalue weighted by Crippen LogP contribution is -2.24. The number of sulfonamides is 1. The number of hydrogen-bond donors (Lipinski definition) is 2. The fraction of sp³-hybridized carbons (Fsp3) is 0.273. The van der Waals surface area contributed by atoms with Gasteiger partial charge in [0.05, 0.1) is 6.20 Å². The molecule has 0 aliphatic heterocycles. The minimum Gasteiger partial charge on any atom is -0.326 e. The Morgan fingerprint density at radius 2 is 2.11 bits per heavy atom. The van der Waals surface area contributed by atoms with Gasteiger partial charge in [0, 0.05) is 38.1 Å². The Morgan fingerprint density at radius 3 is 2.63 bits per heavy atom. The van der Waals surface area contributed by atoms with Gasteiger partial charge in [0.2, 0.25) is 0 Å². The first-order chi connectivity index (χ1) is 9.01. The summed E-state index contributed by atoms with van der Waals surface area (Å²) in [6, 6.07) is 3.08. The maximum atomic E-state index is 12.0. The predicted octanol–water partition coefficient (Wildman–Crippen LogP) is -0.248. The summed E-state index contributed by atoms with van der Waals surface area (Å²) in [6.45, 7) is 0.507. The largest absolute Gasteiger partial charge is 0.326 e. The van der Waals surface area contributed by atoms with Crippen molar-refractivity contribution in [2.45, 2.75) is 18.1 Å². The van der Waals surface area contributed by atoms with Crippen LogP contribution in [-0.4, -0.2) is 23.2 Å². The second-order valence-corrected chi connectivity index (χ2v) is 5.77. The van der Waals surface area contributed by atoms with E-state index in [-0.39, 0.29) is 11.6 Å². The van der Waals surface area contributed by atoms with Gasteiger partial charge in [-0.2, -0.15) is 5.10 Å². The molecule has 7 nitrogen and oxygen atoms in total. The molecule has 0 amide bonds. The number of pyridine rings is 1. The van der Waals surface area contributed by atoms with Crippen molar-refractivity contribution in [3.63, 3.8) is 0 Å². The van der Waals surface area contributed by atoms with Crippen LogP contribution >= 0.6 is 0 Å². The number of nitrogens with two attached hydrogens (primary N) is 1. The SMILES string of the molecule is Cn1cc(CNS(=O)(=O)c2ccc(CN)cn2)cn1. The molecule has 0 saturated heterocycles. The van der Waals surface area contributed by atoms with Gasteiger partial charge in [-0.1, -0.05) is 6.07 Å². The van der Waals surface area contributed by atoms with Crippen LogP contribution < -0.4 is 10.5 Å². The van der Waals surface area contributed by atoms with Crippen LogP contribution in [0.1, 0.15) is 11.1 Å². The molecule has 0 spiro atoms. The molecule has 0 aliphatic rings. The van der Waals surface area contributed by atoms with Gasteiger partial charge >= 0.3 is 0 Å². The molecule has 0 bridgehead atoms. The van der Waals surface area contributed by atoms with Crippen LogP contribution in [0.4, 0.5) is 0 Å². The van der Waals surface area contributed by atoms with E-state index >= 15 is 0 Å². The number of nitrogens with zero attached hydrogens (tertiary/aromatic N) is 3. The highest BCUT2D eigenvalue weighted by molar-refractivity contribution is 7.89. The minimum absolute atomic E-state index is 0.0198. The van der Waals surface area contributed by atoms with Crippen LogP contribution in [0.15, 0.2) is 35.7 Å². The third kappa shape index (κ3) is 3.37. The van der Waals surface area contributed by atoms with E-state index in [0.717, 1.165) is 11.1 Å². The number of aromatic nitrogens is 3. The molecule has 0 saturated carbocycles. The van der Waals surface area contributed by atoms with Crippen LogP contribution in [0.2, 0.25) is 0 Å².